The molecule has 0 radical (unpaired) electrons. The van der Waals surface area contributed by atoms with Crippen LogP contribution in [0.3, 0.4) is 0 Å². The first-order valence-electron chi connectivity index (χ1n) is 6.15. The van der Waals surface area contributed by atoms with Gasteiger partial charge < -0.3 is 14.9 Å². The van der Waals surface area contributed by atoms with E-state index in [1.54, 1.807) is 0 Å². The van der Waals surface area contributed by atoms with Gasteiger partial charge in [0.05, 0.1) is 12.7 Å². The lowest BCUT2D eigenvalue weighted by molar-refractivity contribution is -0.115. The molecule has 0 atom stereocenters. The van der Waals surface area contributed by atoms with Gasteiger partial charge in [0.1, 0.15) is 0 Å². The topological polar surface area (TPSA) is 49.7 Å². The Labute approximate surface area is 102 Å². The fourth-order valence-electron chi connectivity index (χ4n) is 2.46. The summed E-state index contributed by atoms with van der Waals surface area (Å²) in [5.74, 6) is 0. The zero-order valence-electron chi connectivity index (χ0n) is 10.0. The van der Waals surface area contributed by atoms with Crippen molar-refractivity contribution in [3.63, 3.8) is 0 Å². The van der Waals surface area contributed by atoms with Crippen LogP contribution in [-0.4, -0.2) is 29.5 Å². The van der Waals surface area contributed by atoms with Gasteiger partial charge in [0.15, 0.2) is 0 Å². The zero-order valence-corrected chi connectivity index (χ0v) is 10.0. The summed E-state index contributed by atoms with van der Waals surface area (Å²) >= 11 is 0. The standard InChI is InChI=1S/C14H20O3/c15-7-6-14(11-16)8-13(9-14)17-10-12-4-2-1-3-5-12/h1-5,13,15-16H,6-11H2. The van der Waals surface area contributed by atoms with Gasteiger partial charge in [-0.1, -0.05) is 30.3 Å². The molecule has 0 aliphatic heterocycles. The van der Waals surface area contributed by atoms with Gasteiger partial charge in [0, 0.05) is 18.6 Å². The van der Waals surface area contributed by atoms with E-state index in [-0.39, 0.29) is 24.7 Å². The molecule has 0 unspecified atom stereocenters. The molecule has 0 bridgehead atoms. The van der Waals surface area contributed by atoms with Crippen LogP contribution in [0, 0.1) is 5.41 Å². The Balaban J connectivity index is 1.74. The number of aliphatic hydroxyl groups excluding tert-OH is 2. The largest absolute Gasteiger partial charge is 0.396 e. The van der Waals surface area contributed by atoms with Crippen LogP contribution in [-0.2, 0) is 11.3 Å². The molecule has 94 valence electrons. The van der Waals surface area contributed by atoms with E-state index in [9.17, 15) is 5.11 Å². The maximum Gasteiger partial charge on any atom is 0.0720 e. The average Bonchev–Trinajstić information content (AvgIpc) is 2.33. The SMILES string of the molecule is OCCC1(CO)CC(OCc2ccccc2)C1. The second kappa shape index (κ2) is 5.63. The molecule has 1 aliphatic rings. The lowest BCUT2D eigenvalue weighted by Crippen LogP contribution is -2.45. The molecular formula is C14H20O3. The Morgan fingerprint density at radius 2 is 1.88 bits per heavy atom. The summed E-state index contributed by atoms with van der Waals surface area (Å²) in [6.45, 7) is 0.927. The molecule has 1 aliphatic carbocycles. The summed E-state index contributed by atoms with van der Waals surface area (Å²) < 4.78 is 5.77. The lowest BCUT2D eigenvalue weighted by atomic mass is 9.65. The Kier molecular flexibility index (Phi) is 4.15. The number of benzene rings is 1. The highest BCUT2D eigenvalue weighted by molar-refractivity contribution is 5.13. The number of aliphatic hydroxyl groups is 2. The van der Waals surface area contributed by atoms with Gasteiger partial charge >= 0.3 is 0 Å². The smallest absolute Gasteiger partial charge is 0.0720 e. The van der Waals surface area contributed by atoms with Crippen LogP contribution in [0.1, 0.15) is 24.8 Å². The van der Waals surface area contributed by atoms with Crippen molar-refractivity contribution >= 4 is 0 Å². The molecule has 2 N–H and O–H groups in total. The lowest BCUT2D eigenvalue weighted by Gasteiger charge is -2.46. The second-order valence-corrected chi connectivity index (χ2v) is 4.96. The highest BCUT2D eigenvalue weighted by Crippen LogP contribution is 2.45. The first-order chi connectivity index (χ1) is 8.28. The summed E-state index contributed by atoms with van der Waals surface area (Å²) in [7, 11) is 0. The summed E-state index contributed by atoms with van der Waals surface area (Å²) in [6.07, 6.45) is 2.62. The van der Waals surface area contributed by atoms with Crippen LogP contribution < -0.4 is 0 Å². The summed E-state index contributed by atoms with van der Waals surface area (Å²) in [6, 6.07) is 10.1. The average molecular weight is 236 g/mol. The van der Waals surface area contributed by atoms with E-state index in [1.165, 1.54) is 5.56 Å². The predicted octanol–water partition coefficient (Wildman–Crippen LogP) is 1.73. The molecule has 3 heteroatoms. The fraction of sp³-hybridized carbons (Fsp3) is 0.571. The summed E-state index contributed by atoms with van der Waals surface area (Å²) in [4.78, 5) is 0. The molecule has 1 saturated carbocycles. The quantitative estimate of drug-likeness (QED) is 0.790. The van der Waals surface area contributed by atoms with Gasteiger partial charge in [-0.2, -0.15) is 0 Å². The third-order valence-electron chi connectivity index (χ3n) is 3.63. The van der Waals surface area contributed by atoms with Crippen molar-refractivity contribution < 1.29 is 14.9 Å². The Bertz CT molecular complexity index is 331. The van der Waals surface area contributed by atoms with Crippen LogP contribution in [0.25, 0.3) is 0 Å². The molecule has 1 aromatic rings. The van der Waals surface area contributed by atoms with Gasteiger partial charge in [-0.3, -0.25) is 0 Å². The monoisotopic (exact) mass is 236 g/mol. The number of hydrogen-bond acceptors (Lipinski definition) is 3. The molecule has 1 fully saturated rings. The maximum atomic E-state index is 9.30. The van der Waals surface area contributed by atoms with E-state index in [1.807, 2.05) is 30.3 Å². The van der Waals surface area contributed by atoms with Crippen molar-refractivity contribution in [2.75, 3.05) is 13.2 Å². The number of hydrogen-bond donors (Lipinski definition) is 2. The normalized spacial score (nSPS) is 27.8. The molecule has 0 heterocycles. The van der Waals surface area contributed by atoms with Crippen molar-refractivity contribution in [2.45, 2.75) is 32.0 Å². The fourth-order valence-corrected chi connectivity index (χ4v) is 2.46. The van der Waals surface area contributed by atoms with E-state index in [0.717, 1.165) is 12.8 Å². The van der Waals surface area contributed by atoms with Gasteiger partial charge in [-0.25, -0.2) is 0 Å². The first kappa shape index (κ1) is 12.6. The van der Waals surface area contributed by atoms with Crippen LogP contribution in [0.5, 0.6) is 0 Å². The summed E-state index contributed by atoms with van der Waals surface area (Å²) in [5.41, 5.74) is 1.09. The minimum Gasteiger partial charge on any atom is -0.396 e. The molecule has 3 nitrogen and oxygen atoms in total. The predicted molar refractivity (Wildman–Crippen MR) is 65.5 cm³/mol. The van der Waals surface area contributed by atoms with Gasteiger partial charge in [-0.05, 0) is 24.8 Å². The zero-order chi connectivity index (χ0) is 12.1. The van der Waals surface area contributed by atoms with Gasteiger partial charge in [0.2, 0.25) is 0 Å². The van der Waals surface area contributed by atoms with Crippen LogP contribution in [0.15, 0.2) is 30.3 Å². The second-order valence-electron chi connectivity index (χ2n) is 4.96. The summed E-state index contributed by atoms with van der Waals surface area (Å²) in [5, 5.41) is 18.2. The van der Waals surface area contributed by atoms with Crippen molar-refractivity contribution in [2.24, 2.45) is 5.41 Å². The minimum atomic E-state index is -0.0872. The third kappa shape index (κ3) is 3.06. The van der Waals surface area contributed by atoms with Crippen LogP contribution >= 0.6 is 0 Å². The van der Waals surface area contributed by atoms with Crippen molar-refractivity contribution in [3.8, 4) is 0 Å². The van der Waals surface area contributed by atoms with Crippen molar-refractivity contribution in [1.29, 1.82) is 0 Å². The van der Waals surface area contributed by atoms with Gasteiger partial charge in [-0.15, -0.1) is 0 Å². The Morgan fingerprint density at radius 1 is 1.18 bits per heavy atom. The van der Waals surface area contributed by atoms with Crippen LogP contribution in [0.2, 0.25) is 0 Å². The van der Waals surface area contributed by atoms with Gasteiger partial charge in [0.25, 0.3) is 0 Å². The highest BCUT2D eigenvalue weighted by atomic mass is 16.5. The van der Waals surface area contributed by atoms with E-state index in [0.29, 0.717) is 13.0 Å². The van der Waals surface area contributed by atoms with E-state index in [4.69, 9.17) is 9.84 Å². The molecule has 2 rings (SSSR count). The van der Waals surface area contributed by atoms with E-state index < -0.39 is 0 Å². The Morgan fingerprint density at radius 3 is 2.47 bits per heavy atom. The number of rotatable bonds is 6. The van der Waals surface area contributed by atoms with E-state index >= 15 is 0 Å². The van der Waals surface area contributed by atoms with Crippen molar-refractivity contribution in [3.05, 3.63) is 35.9 Å². The van der Waals surface area contributed by atoms with Crippen molar-refractivity contribution in [1.82, 2.24) is 0 Å². The Hall–Kier alpha value is -0.900. The molecule has 0 aromatic heterocycles. The molecule has 0 saturated heterocycles. The first-order valence-corrected chi connectivity index (χ1v) is 6.15. The van der Waals surface area contributed by atoms with Crippen LogP contribution in [0.4, 0.5) is 0 Å². The number of ether oxygens (including phenoxy) is 1. The third-order valence-corrected chi connectivity index (χ3v) is 3.63. The molecule has 1 aromatic carbocycles. The molecule has 17 heavy (non-hydrogen) atoms. The molecular weight excluding hydrogens is 216 g/mol. The minimum absolute atomic E-state index is 0.0872. The maximum absolute atomic E-state index is 9.30. The molecule has 0 spiro atoms. The highest BCUT2D eigenvalue weighted by Gasteiger charge is 2.43. The molecule has 0 amide bonds. The van der Waals surface area contributed by atoms with E-state index in [2.05, 4.69) is 0 Å².